The standard InChI is InChI=1S/C16H17NO5.K/c1-8(19)13-12-6-11(10-4-2-9(7-18)3-5-10)14(16(21)22)17(12)15(13)20;/h2-5,8,12-13,18-19H,6-7H2,1H3,(H,21,22);/q;+1/p-1/t8-,12-,13-;/m1./s1. The fraction of sp³-hybridized carbons (Fsp3) is 0.375. The van der Waals surface area contributed by atoms with Crippen LogP contribution in [0, 0.1) is 5.92 Å². The van der Waals surface area contributed by atoms with Gasteiger partial charge in [-0.25, -0.2) is 0 Å². The van der Waals surface area contributed by atoms with Crippen LogP contribution in [0.5, 0.6) is 0 Å². The van der Waals surface area contributed by atoms with Crippen LogP contribution in [-0.2, 0) is 16.2 Å². The molecule has 1 aromatic rings. The molecule has 0 aromatic heterocycles. The van der Waals surface area contributed by atoms with E-state index in [-0.39, 0.29) is 75.6 Å². The summed E-state index contributed by atoms with van der Waals surface area (Å²) in [5.74, 6) is -2.33. The Kier molecular flexibility index (Phi) is 5.83. The first kappa shape index (κ1) is 18.8. The van der Waals surface area contributed by atoms with Gasteiger partial charge in [-0.1, -0.05) is 24.3 Å². The number of carbonyl (C=O) groups excluding carboxylic acids is 2. The van der Waals surface area contributed by atoms with Gasteiger partial charge in [-0.05, 0) is 30.0 Å². The number of β-lactam (4-membered cyclic amide) rings is 1. The molecule has 0 unspecified atom stereocenters. The Hall–Kier alpha value is -0.544. The molecule has 1 aromatic carbocycles. The van der Waals surface area contributed by atoms with Crippen molar-refractivity contribution in [1.82, 2.24) is 4.90 Å². The minimum atomic E-state index is -1.39. The molecule has 0 saturated carbocycles. The normalized spacial score (nSPS) is 24.0. The molecule has 2 heterocycles. The summed E-state index contributed by atoms with van der Waals surface area (Å²) >= 11 is 0. The number of aliphatic hydroxyl groups excluding tert-OH is 2. The van der Waals surface area contributed by atoms with Gasteiger partial charge in [-0.2, -0.15) is 0 Å². The predicted molar refractivity (Wildman–Crippen MR) is 74.7 cm³/mol. The van der Waals surface area contributed by atoms with Gasteiger partial charge in [0.25, 0.3) is 0 Å². The van der Waals surface area contributed by atoms with Crippen LogP contribution in [0.4, 0.5) is 0 Å². The van der Waals surface area contributed by atoms with E-state index in [4.69, 9.17) is 5.11 Å². The van der Waals surface area contributed by atoms with Crippen LogP contribution in [0.3, 0.4) is 0 Å². The van der Waals surface area contributed by atoms with Crippen molar-refractivity contribution in [2.24, 2.45) is 5.92 Å². The Morgan fingerprint density at radius 2 is 2.00 bits per heavy atom. The summed E-state index contributed by atoms with van der Waals surface area (Å²) in [5.41, 5.74) is 1.83. The molecule has 3 atom stereocenters. The molecule has 0 bridgehead atoms. The smallest absolute Gasteiger partial charge is 0.543 e. The Bertz CT molecular complexity index is 668. The molecule has 2 aliphatic rings. The minimum absolute atomic E-state index is 0. The van der Waals surface area contributed by atoms with Crippen LogP contribution in [0.25, 0.3) is 5.57 Å². The van der Waals surface area contributed by atoms with Crippen molar-refractivity contribution in [3.63, 3.8) is 0 Å². The molecule has 0 aliphatic carbocycles. The van der Waals surface area contributed by atoms with Crippen molar-refractivity contribution in [3.05, 3.63) is 41.1 Å². The minimum Gasteiger partial charge on any atom is -0.543 e. The summed E-state index contributed by atoms with van der Waals surface area (Å²) in [6, 6.07) is 6.53. The molecule has 3 rings (SSSR count). The number of amides is 1. The van der Waals surface area contributed by atoms with Crippen LogP contribution >= 0.6 is 0 Å². The number of rotatable bonds is 4. The van der Waals surface area contributed by atoms with Gasteiger partial charge in [-0.3, -0.25) is 4.79 Å². The zero-order chi connectivity index (χ0) is 16.0. The first-order valence-corrected chi connectivity index (χ1v) is 7.11. The zero-order valence-corrected chi connectivity index (χ0v) is 16.1. The third kappa shape index (κ3) is 3.07. The molecule has 2 aliphatic heterocycles. The number of aliphatic carboxylic acids is 1. The van der Waals surface area contributed by atoms with Gasteiger partial charge in [0, 0.05) is 0 Å². The van der Waals surface area contributed by atoms with Crippen LogP contribution in [0.15, 0.2) is 30.0 Å². The zero-order valence-electron chi connectivity index (χ0n) is 13.0. The number of nitrogens with zero attached hydrogens (tertiary/aromatic N) is 1. The number of aliphatic hydroxyl groups is 2. The number of carbonyl (C=O) groups is 2. The summed E-state index contributed by atoms with van der Waals surface area (Å²) in [6.07, 6.45) is -0.434. The predicted octanol–water partition coefficient (Wildman–Crippen LogP) is -3.74. The topological polar surface area (TPSA) is 101 Å². The molecule has 116 valence electrons. The Morgan fingerprint density at radius 3 is 2.48 bits per heavy atom. The van der Waals surface area contributed by atoms with E-state index in [2.05, 4.69) is 0 Å². The molecule has 0 spiro atoms. The maximum absolute atomic E-state index is 12.1. The summed E-state index contributed by atoms with van der Waals surface area (Å²) < 4.78 is 0. The molecular weight excluding hydrogens is 325 g/mol. The molecule has 7 heteroatoms. The fourth-order valence-corrected chi connectivity index (χ4v) is 3.33. The first-order valence-electron chi connectivity index (χ1n) is 7.11. The van der Waals surface area contributed by atoms with E-state index in [9.17, 15) is 19.8 Å². The van der Waals surface area contributed by atoms with E-state index < -0.39 is 18.0 Å². The summed E-state index contributed by atoms with van der Waals surface area (Å²) in [6.45, 7) is 1.44. The van der Waals surface area contributed by atoms with Gasteiger partial charge >= 0.3 is 51.4 Å². The number of benzene rings is 1. The summed E-state index contributed by atoms with van der Waals surface area (Å²) in [4.78, 5) is 24.8. The van der Waals surface area contributed by atoms with Crippen molar-refractivity contribution in [1.29, 1.82) is 0 Å². The van der Waals surface area contributed by atoms with Gasteiger partial charge < -0.3 is 25.0 Å². The molecule has 1 saturated heterocycles. The molecule has 1 amide bonds. The van der Waals surface area contributed by atoms with Crippen molar-refractivity contribution in [3.8, 4) is 0 Å². The second-order valence-electron chi connectivity index (χ2n) is 5.72. The van der Waals surface area contributed by atoms with Gasteiger partial charge in [0.15, 0.2) is 0 Å². The van der Waals surface area contributed by atoms with Crippen LogP contribution in [0.2, 0.25) is 0 Å². The monoisotopic (exact) mass is 341 g/mol. The average Bonchev–Trinajstić information content (AvgIpc) is 2.82. The van der Waals surface area contributed by atoms with Crippen LogP contribution < -0.4 is 56.5 Å². The Balaban J connectivity index is 0.00000192. The van der Waals surface area contributed by atoms with Gasteiger partial charge in [-0.15, -0.1) is 0 Å². The Labute approximate surface area is 176 Å². The van der Waals surface area contributed by atoms with E-state index in [0.717, 1.165) is 5.56 Å². The van der Waals surface area contributed by atoms with Gasteiger partial charge in [0.1, 0.15) is 0 Å². The SMILES string of the molecule is C[C@@H](O)[C@H]1C(=O)N2C(C(=O)[O-])=C(c3ccc(CO)cc3)C[C@H]12.[K+]. The van der Waals surface area contributed by atoms with Crippen molar-refractivity contribution in [2.45, 2.75) is 32.1 Å². The Morgan fingerprint density at radius 1 is 1.39 bits per heavy atom. The first-order chi connectivity index (χ1) is 10.5. The van der Waals surface area contributed by atoms with Gasteiger partial charge in [0.05, 0.1) is 36.3 Å². The van der Waals surface area contributed by atoms with E-state index in [1.54, 1.807) is 24.3 Å². The van der Waals surface area contributed by atoms with E-state index in [1.165, 1.54) is 11.8 Å². The molecule has 1 fully saturated rings. The van der Waals surface area contributed by atoms with Gasteiger partial charge in [0.2, 0.25) is 5.91 Å². The number of fused-ring (bicyclic) bond motifs is 1. The molecule has 23 heavy (non-hydrogen) atoms. The van der Waals surface area contributed by atoms with Crippen molar-refractivity contribution >= 4 is 17.4 Å². The van der Waals surface area contributed by atoms with Crippen LogP contribution in [0.1, 0.15) is 24.5 Å². The largest absolute Gasteiger partial charge is 1.00 e. The molecule has 0 radical (unpaired) electrons. The number of carboxylic acid groups (broad SMARTS) is 1. The second-order valence-corrected chi connectivity index (χ2v) is 5.72. The fourth-order valence-electron chi connectivity index (χ4n) is 3.33. The van der Waals surface area contributed by atoms with E-state index >= 15 is 0 Å². The third-order valence-corrected chi connectivity index (χ3v) is 4.41. The van der Waals surface area contributed by atoms with Crippen molar-refractivity contribution in [2.75, 3.05) is 0 Å². The summed E-state index contributed by atoms with van der Waals surface area (Å²) in [7, 11) is 0. The maximum atomic E-state index is 12.1. The molecule has 6 nitrogen and oxygen atoms in total. The quantitative estimate of drug-likeness (QED) is 0.433. The third-order valence-electron chi connectivity index (χ3n) is 4.41. The number of hydrogen-bond donors (Lipinski definition) is 2. The molecular formula is C16H16KNO5. The maximum Gasteiger partial charge on any atom is 1.00 e. The van der Waals surface area contributed by atoms with Crippen molar-refractivity contribution < 1.29 is 76.3 Å². The van der Waals surface area contributed by atoms with E-state index in [1.807, 2.05) is 0 Å². The number of hydrogen-bond acceptors (Lipinski definition) is 5. The average molecular weight is 341 g/mol. The number of carboxylic acids is 1. The van der Waals surface area contributed by atoms with E-state index in [0.29, 0.717) is 17.6 Å². The van der Waals surface area contributed by atoms with Crippen LogP contribution in [-0.4, -0.2) is 39.1 Å². The molecule has 2 N–H and O–H groups in total. The summed E-state index contributed by atoms with van der Waals surface area (Å²) in [5, 5.41) is 30.2. The second kappa shape index (κ2) is 7.14.